The number of benzene rings is 2. The molecule has 2 atom stereocenters. The average molecular weight is 277 g/mol. The highest BCUT2D eigenvalue weighted by Gasteiger charge is 2.29. The Labute approximate surface area is 127 Å². The van der Waals surface area contributed by atoms with Gasteiger partial charge in [0.15, 0.2) is 0 Å². The van der Waals surface area contributed by atoms with Gasteiger partial charge in [0.2, 0.25) is 0 Å². The number of hydrogen-bond acceptors (Lipinski definition) is 1. The predicted molar refractivity (Wildman–Crippen MR) is 87.5 cm³/mol. The summed E-state index contributed by atoms with van der Waals surface area (Å²) in [4.78, 5) is 0. The van der Waals surface area contributed by atoms with E-state index in [-0.39, 0.29) is 6.04 Å². The van der Waals surface area contributed by atoms with E-state index in [4.69, 9.17) is 5.73 Å². The maximum Gasteiger partial charge on any atom is 0.0364 e. The van der Waals surface area contributed by atoms with Gasteiger partial charge in [-0.3, -0.25) is 0 Å². The van der Waals surface area contributed by atoms with E-state index in [1.54, 1.807) is 0 Å². The molecule has 1 saturated carbocycles. The van der Waals surface area contributed by atoms with Gasteiger partial charge in [0.05, 0.1) is 0 Å². The van der Waals surface area contributed by atoms with Crippen LogP contribution in [0.15, 0.2) is 48.5 Å². The summed E-state index contributed by atoms with van der Waals surface area (Å²) in [6.07, 6.45) is 6.46. The van der Waals surface area contributed by atoms with Gasteiger partial charge in [0, 0.05) is 12.0 Å². The van der Waals surface area contributed by atoms with Crippen LogP contribution in [0, 0.1) is 0 Å². The molecule has 108 valence electrons. The molecule has 1 nitrogen and oxygen atoms in total. The fraction of sp³-hybridized carbons (Fsp3) is 0.400. The Bertz CT molecular complexity index is 642. The summed E-state index contributed by atoms with van der Waals surface area (Å²) in [6.45, 7) is 0. The molecular weight excluding hydrogens is 254 g/mol. The van der Waals surface area contributed by atoms with Crippen molar-refractivity contribution in [2.45, 2.75) is 50.0 Å². The van der Waals surface area contributed by atoms with E-state index in [2.05, 4.69) is 48.5 Å². The highest BCUT2D eigenvalue weighted by atomic mass is 14.7. The maximum atomic E-state index is 6.64. The molecule has 0 radical (unpaired) electrons. The molecule has 0 aliphatic heterocycles. The van der Waals surface area contributed by atoms with Crippen LogP contribution in [0.5, 0.6) is 0 Å². The molecule has 1 fully saturated rings. The van der Waals surface area contributed by atoms with E-state index in [0.717, 1.165) is 5.92 Å². The van der Waals surface area contributed by atoms with Crippen molar-refractivity contribution in [3.05, 3.63) is 70.8 Å². The van der Waals surface area contributed by atoms with Gasteiger partial charge < -0.3 is 5.73 Å². The molecule has 2 unspecified atom stereocenters. The van der Waals surface area contributed by atoms with Crippen molar-refractivity contribution >= 4 is 0 Å². The zero-order valence-corrected chi connectivity index (χ0v) is 12.5. The topological polar surface area (TPSA) is 26.0 Å². The van der Waals surface area contributed by atoms with Gasteiger partial charge in [-0.15, -0.1) is 0 Å². The quantitative estimate of drug-likeness (QED) is 0.865. The van der Waals surface area contributed by atoms with Gasteiger partial charge in [-0.05, 0) is 53.9 Å². The predicted octanol–water partition coefficient (Wildman–Crippen LogP) is 4.68. The fourth-order valence-corrected chi connectivity index (χ4v) is 3.96. The molecule has 4 rings (SSSR count). The van der Waals surface area contributed by atoms with Gasteiger partial charge in [-0.25, -0.2) is 0 Å². The van der Waals surface area contributed by atoms with Gasteiger partial charge >= 0.3 is 0 Å². The van der Waals surface area contributed by atoms with E-state index in [1.807, 2.05) is 0 Å². The fourth-order valence-electron chi connectivity index (χ4n) is 3.96. The number of rotatable bonds is 3. The number of nitrogens with two attached hydrogens (primary N) is 1. The molecule has 0 spiro atoms. The van der Waals surface area contributed by atoms with E-state index in [1.165, 1.54) is 54.4 Å². The molecule has 21 heavy (non-hydrogen) atoms. The molecule has 0 bridgehead atoms. The van der Waals surface area contributed by atoms with Gasteiger partial charge in [-0.1, -0.05) is 55.0 Å². The standard InChI is InChI=1S/C20H23N/c21-20(19-12-11-15-5-1-2-10-18(15)19)17-9-4-8-16(13-17)14-6-3-7-14/h1-2,4-5,8-10,13-14,19-20H,3,6-7,11-12,21H2. The zero-order chi connectivity index (χ0) is 14.2. The second-order valence-corrected chi connectivity index (χ2v) is 6.67. The highest BCUT2D eigenvalue weighted by Crippen LogP contribution is 2.42. The molecule has 2 aromatic carbocycles. The monoisotopic (exact) mass is 277 g/mol. The molecule has 0 saturated heterocycles. The summed E-state index contributed by atoms with van der Waals surface area (Å²) in [5, 5.41) is 0. The van der Waals surface area contributed by atoms with Crippen LogP contribution in [-0.2, 0) is 6.42 Å². The van der Waals surface area contributed by atoms with Gasteiger partial charge in [0.25, 0.3) is 0 Å². The zero-order valence-electron chi connectivity index (χ0n) is 12.5. The van der Waals surface area contributed by atoms with Crippen LogP contribution < -0.4 is 5.73 Å². The second-order valence-electron chi connectivity index (χ2n) is 6.67. The summed E-state index contributed by atoms with van der Waals surface area (Å²) in [7, 11) is 0. The van der Waals surface area contributed by atoms with Crippen molar-refractivity contribution in [2.24, 2.45) is 5.73 Å². The van der Waals surface area contributed by atoms with Crippen molar-refractivity contribution in [2.75, 3.05) is 0 Å². The molecule has 2 aromatic rings. The summed E-state index contributed by atoms with van der Waals surface area (Å²) in [6, 6.07) is 18.0. The Hall–Kier alpha value is -1.60. The maximum absolute atomic E-state index is 6.64. The SMILES string of the molecule is NC(c1cccc(C2CCC2)c1)C1CCc2ccccc21. The summed E-state index contributed by atoms with van der Waals surface area (Å²) < 4.78 is 0. The smallest absolute Gasteiger partial charge is 0.0364 e. The van der Waals surface area contributed by atoms with Crippen LogP contribution >= 0.6 is 0 Å². The molecule has 0 aromatic heterocycles. The van der Waals surface area contributed by atoms with E-state index >= 15 is 0 Å². The Morgan fingerprint density at radius 3 is 2.62 bits per heavy atom. The minimum atomic E-state index is 0.133. The second kappa shape index (κ2) is 5.31. The van der Waals surface area contributed by atoms with Gasteiger partial charge in [-0.2, -0.15) is 0 Å². The number of hydrogen-bond donors (Lipinski definition) is 1. The molecule has 2 N–H and O–H groups in total. The van der Waals surface area contributed by atoms with Crippen LogP contribution in [0.4, 0.5) is 0 Å². The van der Waals surface area contributed by atoms with E-state index in [9.17, 15) is 0 Å². The molecule has 0 amide bonds. The third-order valence-corrected chi connectivity index (χ3v) is 5.48. The van der Waals surface area contributed by atoms with Crippen molar-refractivity contribution in [3.63, 3.8) is 0 Å². The van der Waals surface area contributed by atoms with Crippen LogP contribution in [0.2, 0.25) is 0 Å². The lowest BCUT2D eigenvalue weighted by Gasteiger charge is -2.27. The van der Waals surface area contributed by atoms with Crippen molar-refractivity contribution in [1.82, 2.24) is 0 Å². The van der Waals surface area contributed by atoms with E-state index in [0.29, 0.717) is 5.92 Å². The van der Waals surface area contributed by atoms with Crippen LogP contribution in [0.3, 0.4) is 0 Å². The third kappa shape index (κ3) is 2.30. The summed E-state index contributed by atoms with van der Waals surface area (Å²) in [5.41, 5.74) is 12.4. The minimum Gasteiger partial charge on any atom is -0.323 e. The lowest BCUT2D eigenvalue weighted by Crippen LogP contribution is -2.19. The van der Waals surface area contributed by atoms with Gasteiger partial charge in [0.1, 0.15) is 0 Å². The Kier molecular flexibility index (Phi) is 3.31. The first-order valence-corrected chi connectivity index (χ1v) is 8.26. The molecule has 0 heterocycles. The Balaban J connectivity index is 1.62. The largest absolute Gasteiger partial charge is 0.323 e. The molecule has 2 aliphatic rings. The third-order valence-electron chi connectivity index (χ3n) is 5.48. The molecule has 2 aliphatic carbocycles. The molecule has 1 heteroatoms. The first-order chi connectivity index (χ1) is 10.3. The number of aryl methyl sites for hydroxylation is 1. The normalized spacial score (nSPS) is 22.6. The van der Waals surface area contributed by atoms with Crippen molar-refractivity contribution < 1.29 is 0 Å². The van der Waals surface area contributed by atoms with Crippen molar-refractivity contribution in [3.8, 4) is 0 Å². The highest BCUT2D eigenvalue weighted by molar-refractivity contribution is 5.39. The minimum absolute atomic E-state index is 0.133. The number of fused-ring (bicyclic) bond motifs is 1. The Morgan fingerprint density at radius 1 is 0.952 bits per heavy atom. The average Bonchev–Trinajstić information content (AvgIpc) is 2.89. The van der Waals surface area contributed by atoms with Crippen LogP contribution in [-0.4, -0.2) is 0 Å². The Morgan fingerprint density at radius 2 is 1.81 bits per heavy atom. The lowest BCUT2D eigenvalue weighted by atomic mass is 9.78. The van der Waals surface area contributed by atoms with Crippen molar-refractivity contribution in [1.29, 1.82) is 0 Å². The van der Waals surface area contributed by atoms with Crippen LogP contribution in [0.1, 0.15) is 65.8 Å². The first-order valence-electron chi connectivity index (χ1n) is 8.26. The lowest BCUT2D eigenvalue weighted by molar-refractivity contribution is 0.419. The summed E-state index contributed by atoms with van der Waals surface area (Å²) in [5.74, 6) is 1.27. The molecular formula is C20H23N. The first kappa shape index (κ1) is 13.1. The van der Waals surface area contributed by atoms with Crippen LogP contribution in [0.25, 0.3) is 0 Å². The van der Waals surface area contributed by atoms with E-state index < -0.39 is 0 Å². The summed E-state index contributed by atoms with van der Waals surface area (Å²) >= 11 is 0.